The summed E-state index contributed by atoms with van der Waals surface area (Å²) in [6.45, 7) is 2.08. The Morgan fingerprint density at radius 1 is 1.67 bits per heavy atom. The van der Waals surface area contributed by atoms with Gasteiger partial charge in [-0.2, -0.15) is 4.98 Å². The maximum absolute atomic E-state index is 11.5. The molecule has 2 heterocycles. The molecule has 0 aromatic carbocycles. The molecule has 0 atom stereocenters. The molecule has 6 heteroatoms. The van der Waals surface area contributed by atoms with Gasteiger partial charge in [-0.1, -0.05) is 0 Å². The lowest BCUT2D eigenvalue weighted by Crippen LogP contribution is -2.03. The van der Waals surface area contributed by atoms with E-state index in [2.05, 4.69) is 15.0 Å². The van der Waals surface area contributed by atoms with Crippen molar-refractivity contribution >= 4 is 28.6 Å². The minimum Gasteiger partial charge on any atom is -0.462 e. The number of carbonyl (C=O) groups is 1. The van der Waals surface area contributed by atoms with Crippen LogP contribution in [-0.4, -0.2) is 27.5 Å². The van der Waals surface area contributed by atoms with Gasteiger partial charge in [-0.25, -0.2) is 9.78 Å². The Morgan fingerprint density at radius 2 is 2.47 bits per heavy atom. The van der Waals surface area contributed by atoms with Crippen LogP contribution in [0.5, 0.6) is 0 Å². The highest BCUT2D eigenvalue weighted by molar-refractivity contribution is 6.28. The summed E-state index contributed by atoms with van der Waals surface area (Å²) in [6.07, 6.45) is 3.03. The summed E-state index contributed by atoms with van der Waals surface area (Å²) in [5.41, 5.74) is 0.946. The molecule has 0 unspecified atom stereocenters. The first kappa shape index (κ1) is 9.92. The Bertz CT molecular complexity index is 509. The van der Waals surface area contributed by atoms with Gasteiger partial charge in [-0.05, 0) is 18.5 Å². The van der Waals surface area contributed by atoms with Gasteiger partial charge in [0.05, 0.1) is 17.6 Å². The van der Waals surface area contributed by atoms with Crippen LogP contribution in [0.2, 0.25) is 5.28 Å². The standard InChI is InChI=1S/C9H8ClN3O2/c1-2-15-8(14)6-4-11-7-5(6)3-12-9(10)13-7/h3-4H,2H2,1H3,(H,11,12,13). The summed E-state index contributed by atoms with van der Waals surface area (Å²) in [7, 11) is 0. The number of aromatic amines is 1. The van der Waals surface area contributed by atoms with Crippen LogP contribution in [0.3, 0.4) is 0 Å². The van der Waals surface area contributed by atoms with Crippen LogP contribution in [-0.2, 0) is 4.74 Å². The summed E-state index contributed by atoms with van der Waals surface area (Å²) in [5.74, 6) is -0.394. The predicted octanol–water partition coefficient (Wildman–Crippen LogP) is 1.79. The minimum atomic E-state index is -0.394. The van der Waals surface area contributed by atoms with Gasteiger partial charge < -0.3 is 9.72 Å². The Kier molecular flexibility index (Phi) is 2.55. The van der Waals surface area contributed by atoms with Gasteiger partial charge in [0.1, 0.15) is 5.65 Å². The third kappa shape index (κ3) is 1.78. The number of hydrogen-bond acceptors (Lipinski definition) is 4. The first-order valence-electron chi connectivity index (χ1n) is 4.39. The molecule has 0 saturated heterocycles. The van der Waals surface area contributed by atoms with Crippen molar-refractivity contribution in [3.8, 4) is 0 Å². The third-order valence-corrected chi connectivity index (χ3v) is 2.08. The number of fused-ring (bicyclic) bond motifs is 1. The Morgan fingerprint density at radius 3 is 3.20 bits per heavy atom. The summed E-state index contributed by atoms with van der Waals surface area (Å²) in [5, 5.41) is 0.748. The number of esters is 1. The van der Waals surface area contributed by atoms with E-state index in [1.54, 1.807) is 6.92 Å². The molecule has 78 valence electrons. The molecular weight excluding hydrogens is 218 g/mol. The van der Waals surface area contributed by atoms with Gasteiger partial charge in [0.25, 0.3) is 0 Å². The molecule has 0 radical (unpaired) electrons. The van der Waals surface area contributed by atoms with Crippen LogP contribution < -0.4 is 0 Å². The molecule has 0 amide bonds. The highest BCUT2D eigenvalue weighted by Gasteiger charge is 2.13. The van der Waals surface area contributed by atoms with E-state index in [-0.39, 0.29) is 5.28 Å². The van der Waals surface area contributed by atoms with Crippen molar-refractivity contribution in [3.63, 3.8) is 0 Å². The smallest absolute Gasteiger partial charge is 0.340 e. The van der Waals surface area contributed by atoms with E-state index in [1.807, 2.05) is 0 Å². The van der Waals surface area contributed by atoms with Crippen molar-refractivity contribution in [1.29, 1.82) is 0 Å². The van der Waals surface area contributed by atoms with Crippen LogP contribution in [0.4, 0.5) is 0 Å². The Balaban J connectivity index is 2.49. The number of H-pyrrole nitrogens is 1. The molecule has 0 aliphatic heterocycles. The topological polar surface area (TPSA) is 67.9 Å². The zero-order valence-corrected chi connectivity index (χ0v) is 8.71. The van der Waals surface area contributed by atoms with Crippen LogP contribution in [0.15, 0.2) is 12.4 Å². The van der Waals surface area contributed by atoms with Gasteiger partial charge >= 0.3 is 5.97 Å². The minimum absolute atomic E-state index is 0.139. The lowest BCUT2D eigenvalue weighted by Gasteiger charge is -1.98. The molecule has 1 N–H and O–H groups in total. The molecule has 0 fully saturated rings. The molecule has 0 bridgehead atoms. The average Bonchev–Trinajstić information content (AvgIpc) is 2.60. The normalized spacial score (nSPS) is 10.5. The van der Waals surface area contributed by atoms with Crippen LogP contribution >= 0.6 is 11.6 Å². The number of carbonyl (C=O) groups excluding carboxylic acids is 1. The maximum atomic E-state index is 11.5. The fourth-order valence-corrected chi connectivity index (χ4v) is 1.40. The second kappa shape index (κ2) is 3.86. The van der Waals surface area contributed by atoms with E-state index in [0.29, 0.717) is 23.2 Å². The van der Waals surface area contributed by atoms with E-state index >= 15 is 0 Å². The molecule has 2 aromatic heterocycles. The van der Waals surface area contributed by atoms with Gasteiger partial charge in [0.15, 0.2) is 0 Å². The molecule has 5 nitrogen and oxygen atoms in total. The first-order valence-corrected chi connectivity index (χ1v) is 4.77. The molecule has 2 aromatic rings. The van der Waals surface area contributed by atoms with Gasteiger partial charge in [-0.3, -0.25) is 0 Å². The number of halogens is 1. The van der Waals surface area contributed by atoms with Crippen LogP contribution in [0.1, 0.15) is 17.3 Å². The molecular formula is C9H8ClN3O2. The zero-order chi connectivity index (χ0) is 10.8. The second-order valence-electron chi connectivity index (χ2n) is 2.82. The quantitative estimate of drug-likeness (QED) is 0.625. The fraction of sp³-hybridized carbons (Fsp3) is 0.222. The summed E-state index contributed by atoms with van der Waals surface area (Å²) >= 11 is 5.61. The molecule has 0 saturated carbocycles. The lowest BCUT2D eigenvalue weighted by atomic mass is 10.2. The lowest BCUT2D eigenvalue weighted by molar-refractivity contribution is 0.0528. The SMILES string of the molecule is CCOC(=O)c1c[nH]c2nc(Cl)ncc12. The maximum Gasteiger partial charge on any atom is 0.340 e. The average molecular weight is 226 g/mol. The van der Waals surface area contributed by atoms with Crippen LogP contribution in [0, 0.1) is 0 Å². The Hall–Kier alpha value is -1.62. The van der Waals surface area contributed by atoms with Crippen molar-refractivity contribution in [2.75, 3.05) is 6.61 Å². The van der Waals surface area contributed by atoms with E-state index in [0.717, 1.165) is 0 Å². The number of hydrogen-bond donors (Lipinski definition) is 1. The van der Waals surface area contributed by atoms with Crippen molar-refractivity contribution in [3.05, 3.63) is 23.2 Å². The van der Waals surface area contributed by atoms with Gasteiger partial charge in [0.2, 0.25) is 5.28 Å². The number of rotatable bonds is 2. The summed E-state index contributed by atoms with van der Waals surface area (Å²) in [4.78, 5) is 22.0. The monoisotopic (exact) mass is 225 g/mol. The molecule has 0 aliphatic rings. The van der Waals surface area contributed by atoms with E-state index in [9.17, 15) is 4.79 Å². The van der Waals surface area contributed by atoms with Crippen molar-refractivity contribution in [1.82, 2.24) is 15.0 Å². The number of nitrogens with zero attached hydrogens (tertiary/aromatic N) is 2. The third-order valence-electron chi connectivity index (χ3n) is 1.90. The first-order chi connectivity index (χ1) is 7.22. The second-order valence-corrected chi connectivity index (χ2v) is 3.16. The highest BCUT2D eigenvalue weighted by Crippen LogP contribution is 2.17. The molecule has 0 aliphatic carbocycles. The largest absolute Gasteiger partial charge is 0.462 e. The van der Waals surface area contributed by atoms with Crippen molar-refractivity contribution in [2.24, 2.45) is 0 Å². The number of ether oxygens (including phenoxy) is 1. The zero-order valence-electron chi connectivity index (χ0n) is 7.95. The highest BCUT2D eigenvalue weighted by atomic mass is 35.5. The van der Waals surface area contributed by atoms with Gasteiger partial charge in [-0.15, -0.1) is 0 Å². The van der Waals surface area contributed by atoms with Crippen LogP contribution in [0.25, 0.3) is 11.0 Å². The predicted molar refractivity (Wildman–Crippen MR) is 54.9 cm³/mol. The molecule has 0 spiro atoms. The summed E-state index contributed by atoms with van der Waals surface area (Å²) in [6, 6.07) is 0. The van der Waals surface area contributed by atoms with E-state index in [4.69, 9.17) is 16.3 Å². The van der Waals surface area contributed by atoms with Crippen molar-refractivity contribution < 1.29 is 9.53 Å². The van der Waals surface area contributed by atoms with E-state index in [1.165, 1.54) is 12.4 Å². The fourth-order valence-electron chi connectivity index (χ4n) is 1.26. The Labute approximate surface area is 90.4 Å². The molecule has 2 rings (SSSR count). The van der Waals surface area contributed by atoms with Gasteiger partial charge in [0, 0.05) is 12.4 Å². The molecule has 15 heavy (non-hydrogen) atoms. The number of aromatic nitrogens is 3. The number of nitrogens with one attached hydrogen (secondary N) is 1. The summed E-state index contributed by atoms with van der Waals surface area (Å²) < 4.78 is 4.88. The van der Waals surface area contributed by atoms with Crippen molar-refractivity contribution in [2.45, 2.75) is 6.92 Å². The van der Waals surface area contributed by atoms with E-state index < -0.39 is 5.97 Å².